The van der Waals surface area contributed by atoms with Crippen molar-refractivity contribution < 1.29 is 14.2 Å². The lowest BCUT2D eigenvalue weighted by Crippen LogP contribution is -2.42. The van der Waals surface area contributed by atoms with Crippen molar-refractivity contribution in [3.8, 4) is 23.3 Å². The van der Waals surface area contributed by atoms with Gasteiger partial charge < -0.3 is 14.2 Å². The molecule has 0 N–H and O–H groups in total. The van der Waals surface area contributed by atoms with E-state index in [9.17, 15) is 0 Å². The predicted octanol–water partition coefficient (Wildman–Crippen LogP) is 7.65. The number of benzene rings is 4. The molecule has 4 aromatic carbocycles. The van der Waals surface area contributed by atoms with Crippen molar-refractivity contribution in [2.24, 2.45) is 0 Å². The highest BCUT2D eigenvalue weighted by atomic mass is 28.2. The minimum Gasteiger partial charge on any atom is -0.439 e. The van der Waals surface area contributed by atoms with Gasteiger partial charge in [0.2, 0.25) is 11.8 Å². The zero-order valence-corrected chi connectivity index (χ0v) is 31.6. The molecule has 0 amide bonds. The van der Waals surface area contributed by atoms with Gasteiger partial charge in [-0.15, -0.1) is 0 Å². The topological polar surface area (TPSA) is 53.5 Å². The molecule has 0 radical (unpaired) electrons. The number of ether oxygens (including phenoxy) is 3. The first-order valence-electron chi connectivity index (χ1n) is 17.0. The molecule has 0 saturated carbocycles. The van der Waals surface area contributed by atoms with Gasteiger partial charge in [-0.25, -0.2) is 9.97 Å². The van der Waals surface area contributed by atoms with Crippen molar-refractivity contribution in [3.63, 3.8) is 0 Å². The summed E-state index contributed by atoms with van der Waals surface area (Å²) >= 11 is 0. The van der Waals surface area contributed by atoms with E-state index in [-0.39, 0.29) is 0 Å². The Morgan fingerprint density at radius 1 is 0.469 bits per heavy atom. The van der Waals surface area contributed by atoms with Crippen LogP contribution in [0.25, 0.3) is 0 Å². The van der Waals surface area contributed by atoms with E-state index in [2.05, 4.69) is 98.8 Å². The molecule has 0 aliphatic heterocycles. The standard InChI is InChI=1S/C42H44N2O3Si2/c1-31-25-27-37(43-39(31)45-33-17-9-5-10-18-33)41(3,29-48-35-21-13-7-14-22-35)47-42(4,30-49-36-23-15-8-16-24-36)38-28-26-32(2)40(44-38)46-34-19-11-6-12-20-34/h5-28H,29-30,48-49H2,1-4H3. The minimum absolute atomic E-state index is 0.590. The van der Waals surface area contributed by atoms with Crippen molar-refractivity contribution in [1.82, 2.24) is 9.97 Å². The summed E-state index contributed by atoms with van der Waals surface area (Å²) in [6, 6.07) is 51.3. The Bertz CT molecular complexity index is 1800. The molecule has 0 saturated heterocycles. The Labute approximate surface area is 295 Å². The monoisotopic (exact) mass is 680 g/mol. The normalized spacial score (nSPS) is 14.1. The number of rotatable bonds is 14. The Morgan fingerprint density at radius 3 is 1.18 bits per heavy atom. The largest absolute Gasteiger partial charge is 0.439 e. The summed E-state index contributed by atoms with van der Waals surface area (Å²) < 4.78 is 20.2. The highest BCUT2D eigenvalue weighted by Gasteiger charge is 2.41. The van der Waals surface area contributed by atoms with Crippen molar-refractivity contribution in [1.29, 1.82) is 0 Å². The van der Waals surface area contributed by atoms with E-state index in [0.717, 1.165) is 46.1 Å². The SMILES string of the molecule is Cc1ccc(C(C)(C[SiH2]c2ccccc2)OC(C)(C[SiH2]c2ccccc2)c2ccc(C)c(Oc3ccccc3)n2)nc1Oc1ccccc1. The lowest BCUT2D eigenvalue weighted by atomic mass is 9.97. The van der Waals surface area contributed by atoms with Crippen LogP contribution in [0.1, 0.15) is 36.4 Å². The lowest BCUT2D eigenvalue weighted by molar-refractivity contribution is -0.136. The highest BCUT2D eigenvalue weighted by Crippen LogP contribution is 2.42. The van der Waals surface area contributed by atoms with Gasteiger partial charge in [0.25, 0.3) is 0 Å². The number of aryl methyl sites for hydroxylation is 2. The van der Waals surface area contributed by atoms with Gasteiger partial charge in [-0.05, 0) is 76.2 Å². The van der Waals surface area contributed by atoms with Crippen LogP contribution in [0.4, 0.5) is 0 Å². The number of aromatic nitrogens is 2. The highest BCUT2D eigenvalue weighted by molar-refractivity contribution is 6.54. The van der Waals surface area contributed by atoms with Gasteiger partial charge in [0.05, 0.1) is 30.4 Å². The summed E-state index contributed by atoms with van der Waals surface area (Å²) in [5.41, 5.74) is 2.20. The van der Waals surface area contributed by atoms with Gasteiger partial charge in [-0.3, -0.25) is 0 Å². The fraction of sp³-hybridized carbons (Fsp3) is 0.190. The van der Waals surface area contributed by atoms with Crippen LogP contribution in [0.2, 0.25) is 12.1 Å². The van der Waals surface area contributed by atoms with Crippen LogP contribution in [0.5, 0.6) is 23.3 Å². The second-order valence-corrected chi connectivity index (χ2v) is 16.6. The molecular weight excluding hydrogens is 637 g/mol. The summed E-state index contributed by atoms with van der Waals surface area (Å²) in [6.07, 6.45) is 0. The van der Waals surface area contributed by atoms with Crippen LogP contribution >= 0.6 is 0 Å². The molecule has 248 valence electrons. The Morgan fingerprint density at radius 2 is 0.816 bits per heavy atom. The van der Waals surface area contributed by atoms with Crippen molar-refractivity contribution >= 4 is 29.4 Å². The summed E-state index contributed by atoms with van der Waals surface area (Å²) in [7, 11) is -1.49. The minimum atomic E-state index is -0.745. The average molecular weight is 681 g/mol. The second-order valence-electron chi connectivity index (χ2n) is 13.0. The molecule has 6 aromatic rings. The summed E-state index contributed by atoms with van der Waals surface area (Å²) in [5.74, 6) is 2.69. The fourth-order valence-electron chi connectivity index (χ4n) is 6.03. The summed E-state index contributed by atoms with van der Waals surface area (Å²) in [4.78, 5) is 10.4. The van der Waals surface area contributed by atoms with Gasteiger partial charge >= 0.3 is 0 Å². The van der Waals surface area contributed by atoms with E-state index >= 15 is 0 Å². The van der Waals surface area contributed by atoms with E-state index in [1.165, 1.54) is 10.4 Å². The Hall–Kier alpha value is -4.83. The Kier molecular flexibility index (Phi) is 10.8. The molecule has 0 bridgehead atoms. The number of pyridine rings is 2. The third-order valence-corrected chi connectivity index (χ3v) is 13.5. The quantitative estimate of drug-likeness (QED) is 0.111. The maximum absolute atomic E-state index is 7.56. The van der Waals surface area contributed by atoms with Gasteiger partial charge in [0.1, 0.15) is 22.7 Å². The van der Waals surface area contributed by atoms with Crippen LogP contribution in [0, 0.1) is 13.8 Å². The average Bonchev–Trinajstić information content (AvgIpc) is 3.13. The molecule has 7 heteroatoms. The molecule has 6 rings (SSSR count). The first kappa shape index (κ1) is 34.1. The molecule has 0 spiro atoms. The molecule has 49 heavy (non-hydrogen) atoms. The summed E-state index contributed by atoms with van der Waals surface area (Å²) in [5, 5.41) is 2.77. The first-order chi connectivity index (χ1) is 23.8. The number of hydrogen-bond donors (Lipinski definition) is 0. The van der Waals surface area contributed by atoms with E-state index in [4.69, 9.17) is 24.2 Å². The third-order valence-electron chi connectivity index (χ3n) is 9.02. The van der Waals surface area contributed by atoms with Gasteiger partial charge in [0, 0.05) is 11.1 Å². The van der Waals surface area contributed by atoms with Gasteiger partial charge in [-0.2, -0.15) is 0 Å². The van der Waals surface area contributed by atoms with Crippen molar-refractivity contribution in [2.75, 3.05) is 0 Å². The van der Waals surface area contributed by atoms with Crippen LogP contribution in [-0.4, -0.2) is 29.0 Å². The molecule has 2 unspecified atom stereocenters. The molecule has 2 aromatic heterocycles. The zero-order valence-electron chi connectivity index (χ0n) is 28.8. The molecule has 2 heterocycles. The molecular formula is C42H44N2O3Si2. The maximum atomic E-state index is 7.56. The van der Waals surface area contributed by atoms with E-state index in [1.54, 1.807) is 0 Å². The predicted molar refractivity (Wildman–Crippen MR) is 206 cm³/mol. The summed E-state index contributed by atoms with van der Waals surface area (Å²) in [6.45, 7) is 8.47. The van der Waals surface area contributed by atoms with Gasteiger partial charge in [-0.1, -0.05) is 120 Å². The maximum Gasteiger partial charge on any atom is 0.222 e. The van der Waals surface area contributed by atoms with Crippen LogP contribution in [0.15, 0.2) is 146 Å². The smallest absolute Gasteiger partial charge is 0.222 e. The lowest BCUT2D eigenvalue weighted by Gasteiger charge is -2.40. The molecule has 0 aliphatic carbocycles. The van der Waals surface area contributed by atoms with Crippen molar-refractivity contribution in [2.45, 2.75) is 51.0 Å². The van der Waals surface area contributed by atoms with E-state index in [0.29, 0.717) is 11.8 Å². The van der Waals surface area contributed by atoms with Crippen LogP contribution in [-0.2, 0) is 15.9 Å². The van der Waals surface area contributed by atoms with Crippen LogP contribution in [0.3, 0.4) is 0 Å². The van der Waals surface area contributed by atoms with Gasteiger partial charge in [0.15, 0.2) is 0 Å². The second kappa shape index (κ2) is 15.6. The Balaban J connectivity index is 1.41. The fourth-order valence-corrected chi connectivity index (χ4v) is 9.49. The molecule has 0 fully saturated rings. The number of para-hydroxylation sites is 2. The molecule has 2 atom stereocenters. The third kappa shape index (κ3) is 8.80. The first-order valence-corrected chi connectivity index (χ1v) is 20.4. The number of nitrogens with zero attached hydrogens (tertiary/aromatic N) is 2. The van der Waals surface area contributed by atoms with E-state index < -0.39 is 30.2 Å². The van der Waals surface area contributed by atoms with E-state index in [1.807, 2.05) is 74.5 Å². The van der Waals surface area contributed by atoms with Crippen LogP contribution < -0.4 is 19.8 Å². The molecule has 5 nitrogen and oxygen atoms in total. The number of hydrogen-bond acceptors (Lipinski definition) is 5. The molecule has 0 aliphatic rings. The zero-order chi connectivity index (χ0) is 34.1. The van der Waals surface area contributed by atoms with Crippen molar-refractivity contribution in [3.05, 3.63) is 168 Å².